The number of benzene rings is 1. The summed E-state index contributed by atoms with van der Waals surface area (Å²) in [5.74, 6) is 0. The van der Waals surface area contributed by atoms with E-state index in [9.17, 15) is 0 Å². The molecule has 1 nitrogen and oxygen atoms in total. The summed E-state index contributed by atoms with van der Waals surface area (Å²) >= 11 is 0. The fraction of sp³-hybridized carbons (Fsp3) is 0.538. The van der Waals surface area contributed by atoms with Gasteiger partial charge in [-0.15, -0.1) is 12.4 Å². The van der Waals surface area contributed by atoms with E-state index in [0.717, 1.165) is 6.42 Å². The first-order chi connectivity index (χ1) is 6.79. The molecule has 1 saturated heterocycles. The second-order valence-corrected chi connectivity index (χ2v) is 4.61. The molecule has 1 unspecified atom stereocenters. The van der Waals surface area contributed by atoms with E-state index >= 15 is 0 Å². The zero-order valence-electron chi connectivity index (χ0n) is 9.33. The second-order valence-electron chi connectivity index (χ2n) is 4.61. The topological polar surface area (TPSA) is 12.0 Å². The molecule has 2 rings (SSSR count). The van der Waals surface area contributed by atoms with Crippen LogP contribution in [0, 0.1) is 0 Å². The predicted octanol–water partition coefficient (Wildman–Crippen LogP) is 3.18. The molecule has 1 aromatic rings. The minimum Gasteiger partial charge on any atom is -0.311 e. The lowest BCUT2D eigenvalue weighted by atomic mass is 9.85. The van der Waals surface area contributed by atoms with Gasteiger partial charge in [-0.2, -0.15) is 0 Å². The molecule has 1 aliphatic rings. The zero-order chi connectivity index (χ0) is 9.86. The van der Waals surface area contributed by atoms with E-state index in [1.807, 2.05) is 0 Å². The van der Waals surface area contributed by atoms with Crippen molar-refractivity contribution in [2.75, 3.05) is 6.54 Å². The van der Waals surface area contributed by atoms with Crippen molar-refractivity contribution in [3.8, 4) is 0 Å². The van der Waals surface area contributed by atoms with Gasteiger partial charge in [0.1, 0.15) is 0 Å². The first-order valence-corrected chi connectivity index (χ1v) is 5.57. The molecular weight excluding hydrogens is 206 g/mol. The van der Waals surface area contributed by atoms with Crippen LogP contribution >= 0.6 is 12.4 Å². The summed E-state index contributed by atoms with van der Waals surface area (Å²) in [6.45, 7) is 3.53. The highest BCUT2D eigenvalue weighted by Crippen LogP contribution is 2.22. The molecule has 0 aliphatic carbocycles. The molecule has 1 aromatic carbocycles. The number of halogens is 1. The highest BCUT2D eigenvalue weighted by Gasteiger charge is 2.25. The van der Waals surface area contributed by atoms with E-state index in [-0.39, 0.29) is 12.4 Å². The monoisotopic (exact) mass is 225 g/mol. The van der Waals surface area contributed by atoms with Crippen molar-refractivity contribution >= 4 is 12.4 Å². The largest absolute Gasteiger partial charge is 0.311 e. The van der Waals surface area contributed by atoms with E-state index < -0.39 is 0 Å². The third-order valence-corrected chi connectivity index (χ3v) is 3.14. The van der Waals surface area contributed by atoms with Gasteiger partial charge >= 0.3 is 0 Å². The summed E-state index contributed by atoms with van der Waals surface area (Å²) in [7, 11) is 0. The Labute approximate surface area is 98.7 Å². The summed E-state index contributed by atoms with van der Waals surface area (Å²) in [5.41, 5.74) is 1.78. The molecule has 84 valence electrons. The van der Waals surface area contributed by atoms with Crippen molar-refractivity contribution in [2.45, 2.75) is 38.1 Å². The minimum atomic E-state index is 0. The Balaban J connectivity index is 0.00000112. The van der Waals surface area contributed by atoms with Gasteiger partial charge in [-0.1, -0.05) is 36.8 Å². The van der Waals surface area contributed by atoms with Gasteiger partial charge in [0, 0.05) is 5.54 Å². The van der Waals surface area contributed by atoms with Gasteiger partial charge in [0.15, 0.2) is 0 Å². The van der Waals surface area contributed by atoms with Gasteiger partial charge in [0.25, 0.3) is 0 Å². The maximum atomic E-state index is 3.64. The molecule has 1 fully saturated rings. The van der Waals surface area contributed by atoms with Gasteiger partial charge in [0.05, 0.1) is 0 Å². The van der Waals surface area contributed by atoms with Gasteiger partial charge in [0.2, 0.25) is 0 Å². The normalized spacial score (nSPS) is 25.7. The summed E-state index contributed by atoms with van der Waals surface area (Å²) in [6, 6.07) is 10.8. The van der Waals surface area contributed by atoms with E-state index in [4.69, 9.17) is 0 Å². The first-order valence-electron chi connectivity index (χ1n) is 5.57. The highest BCUT2D eigenvalue weighted by molar-refractivity contribution is 5.85. The van der Waals surface area contributed by atoms with Crippen molar-refractivity contribution in [3.63, 3.8) is 0 Å². The van der Waals surface area contributed by atoms with Crippen molar-refractivity contribution in [3.05, 3.63) is 35.9 Å². The number of piperidine rings is 1. The fourth-order valence-electron chi connectivity index (χ4n) is 2.32. The number of hydrogen-bond donors (Lipinski definition) is 1. The van der Waals surface area contributed by atoms with Crippen LogP contribution < -0.4 is 5.32 Å². The summed E-state index contributed by atoms with van der Waals surface area (Å²) in [5, 5.41) is 3.64. The van der Waals surface area contributed by atoms with Crippen LogP contribution in [0.15, 0.2) is 30.3 Å². The quantitative estimate of drug-likeness (QED) is 0.815. The molecule has 0 radical (unpaired) electrons. The van der Waals surface area contributed by atoms with E-state index in [1.165, 1.54) is 31.4 Å². The lowest BCUT2D eigenvalue weighted by Crippen LogP contribution is -2.47. The van der Waals surface area contributed by atoms with Crippen LogP contribution in [0.2, 0.25) is 0 Å². The predicted molar refractivity (Wildman–Crippen MR) is 67.7 cm³/mol. The molecule has 15 heavy (non-hydrogen) atoms. The Morgan fingerprint density at radius 3 is 2.53 bits per heavy atom. The maximum Gasteiger partial charge on any atom is 0.0193 e. The zero-order valence-corrected chi connectivity index (χ0v) is 10.1. The smallest absolute Gasteiger partial charge is 0.0193 e. The van der Waals surface area contributed by atoms with Gasteiger partial charge in [-0.05, 0) is 38.3 Å². The van der Waals surface area contributed by atoms with Crippen LogP contribution in [0.5, 0.6) is 0 Å². The third kappa shape index (κ3) is 3.51. The molecule has 0 amide bonds. The molecule has 0 spiro atoms. The molecule has 1 heterocycles. The third-order valence-electron chi connectivity index (χ3n) is 3.14. The van der Waals surface area contributed by atoms with Crippen LogP contribution in [0.4, 0.5) is 0 Å². The van der Waals surface area contributed by atoms with Crippen LogP contribution in [0.1, 0.15) is 31.7 Å². The molecule has 2 heteroatoms. The molecular formula is C13H20ClN. The van der Waals surface area contributed by atoms with Gasteiger partial charge < -0.3 is 5.32 Å². The Morgan fingerprint density at radius 2 is 1.93 bits per heavy atom. The molecule has 1 aliphatic heterocycles. The van der Waals surface area contributed by atoms with E-state index in [0.29, 0.717) is 5.54 Å². The van der Waals surface area contributed by atoms with Crippen molar-refractivity contribution in [2.24, 2.45) is 0 Å². The fourth-order valence-corrected chi connectivity index (χ4v) is 2.32. The maximum absolute atomic E-state index is 3.64. The Bertz CT molecular complexity index is 278. The number of nitrogens with one attached hydrogen (secondary N) is 1. The SMILES string of the molecule is CC1(Cc2ccccc2)CCCCN1.Cl. The van der Waals surface area contributed by atoms with E-state index in [1.54, 1.807) is 0 Å². The molecule has 1 N–H and O–H groups in total. The van der Waals surface area contributed by atoms with Crippen molar-refractivity contribution < 1.29 is 0 Å². The van der Waals surface area contributed by atoms with Crippen LogP contribution in [0.25, 0.3) is 0 Å². The summed E-state index contributed by atoms with van der Waals surface area (Å²) < 4.78 is 0. The molecule has 0 bridgehead atoms. The second kappa shape index (κ2) is 5.53. The average Bonchev–Trinajstić information content (AvgIpc) is 2.19. The Morgan fingerprint density at radius 1 is 1.20 bits per heavy atom. The molecule has 1 atom stereocenters. The molecule has 0 aromatic heterocycles. The van der Waals surface area contributed by atoms with Gasteiger partial charge in [-0.3, -0.25) is 0 Å². The number of hydrogen-bond acceptors (Lipinski definition) is 1. The minimum absolute atomic E-state index is 0. The van der Waals surface area contributed by atoms with Crippen molar-refractivity contribution in [1.29, 1.82) is 0 Å². The van der Waals surface area contributed by atoms with Crippen LogP contribution in [-0.4, -0.2) is 12.1 Å². The summed E-state index contributed by atoms with van der Waals surface area (Å²) in [6.07, 6.45) is 5.18. The van der Waals surface area contributed by atoms with Crippen molar-refractivity contribution in [1.82, 2.24) is 5.32 Å². The van der Waals surface area contributed by atoms with Crippen LogP contribution in [-0.2, 0) is 6.42 Å². The highest BCUT2D eigenvalue weighted by atomic mass is 35.5. The molecule has 0 saturated carbocycles. The summed E-state index contributed by atoms with van der Waals surface area (Å²) in [4.78, 5) is 0. The Hall–Kier alpha value is -0.530. The Kier molecular flexibility index (Phi) is 4.62. The lowest BCUT2D eigenvalue weighted by Gasteiger charge is -2.35. The number of rotatable bonds is 2. The lowest BCUT2D eigenvalue weighted by molar-refractivity contribution is 0.276. The standard InChI is InChI=1S/C13H19N.ClH/c1-13(9-5-6-10-14-13)11-12-7-3-2-4-8-12;/h2-4,7-8,14H,5-6,9-11H2,1H3;1H. The first kappa shape index (κ1) is 12.5. The average molecular weight is 226 g/mol. The van der Waals surface area contributed by atoms with Gasteiger partial charge in [-0.25, -0.2) is 0 Å². The van der Waals surface area contributed by atoms with Crippen LogP contribution in [0.3, 0.4) is 0 Å². The van der Waals surface area contributed by atoms with E-state index in [2.05, 4.69) is 42.6 Å².